The summed E-state index contributed by atoms with van der Waals surface area (Å²) in [6.07, 6.45) is 0.205. The number of hydrogen-bond acceptors (Lipinski definition) is 4. The van der Waals surface area contributed by atoms with E-state index in [2.05, 4.69) is 28.9 Å². The molecule has 1 aliphatic heterocycles. The first-order valence-electron chi connectivity index (χ1n) is 7.12. The van der Waals surface area contributed by atoms with Gasteiger partial charge in [0.2, 0.25) is 0 Å². The highest BCUT2D eigenvalue weighted by Gasteiger charge is 2.26. The molecule has 2 unspecified atom stereocenters. The first-order valence-corrected chi connectivity index (χ1v) is 7.50. The summed E-state index contributed by atoms with van der Waals surface area (Å²) < 4.78 is 11.1. The summed E-state index contributed by atoms with van der Waals surface area (Å²) in [6.45, 7) is 4.22. The highest BCUT2D eigenvalue weighted by molar-refractivity contribution is 6.34. The molecule has 0 bridgehead atoms. The van der Waals surface area contributed by atoms with Crippen molar-refractivity contribution in [2.24, 2.45) is 0 Å². The summed E-state index contributed by atoms with van der Waals surface area (Å²) in [5, 5.41) is 2.64. The van der Waals surface area contributed by atoms with E-state index in [1.807, 2.05) is 18.2 Å². The van der Waals surface area contributed by atoms with Gasteiger partial charge in [0.15, 0.2) is 0 Å². The van der Waals surface area contributed by atoms with Crippen LogP contribution in [0, 0.1) is 0 Å². The lowest BCUT2D eigenvalue weighted by Crippen LogP contribution is -2.48. The van der Waals surface area contributed by atoms with E-state index in [0.717, 1.165) is 29.7 Å². The average Bonchev–Trinajstić information content (AvgIpc) is 2.47. The number of nitrogens with zero attached hydrogens (tertiary/aromatic N) is 2. The Hall–Kier alpha value is -1.36. The van der Waals surface area contributed by atoms with Crippen LogP contribution >= 0.6 is 11.6 Å². The molecule has 3 rings (SSSR count). The van der Waals surface area contributed by atoms with Crippen molar-refractivity contribution >= 4 is 28.2 Å². The number of methoxy groups -OCH3 is 1. The van der Waals surface area contributed by atoms with E-state index in [4.69, 9.17) is 21.1 Å². The Labute approximate surface area is 129 Å². The van der Waals surface area contributed by atoms with Crippen LogP contribution in [0.15, 0.2) is 30.3 Å². The van der Waals surface area contributed by atoms with Crippen molar-refractivity contribution in [3.05, 3.63) is 35.5 Å². The topological polar surface area (TPSA) is 34.6 Å². The van der Waals surface area contributed by atoms with Gasteiger partial charge in [0.05, 0.1) is 18.8 Å². The lowest BCUT2D eigenvalue weighted by Gasteiger charge is -2.37. The van der Waals surface area contributed by atoms with Crippen LogP contribution in [0.25, 0.3) is 10.8 Å². The van der Waals surface area contributed by atoms with E-state index >= 15 is 0 Å². The molecule has 0 amide bonds. The average molecular weight is 307 g/mol. The largest absolute Gasteiger partial charge is 0.382 e. The molecular formula is C16H19ClN2O2. The lowest BCUT2D eigenvalue weighted by molar-refractivity contribution is -0.0512. The van der Waals surface area contributed by atoms with Crippen molar-refractivity contribution in [3.63, 3.8) is 0 Å². The van der Waals surface area contributed by atoms with E-state index in [1.165, 1.54) is 0 Å². The number of morpholine rings is 1. The zero-order valence-electron chi connectivity index (χ0n) is 12.3. The third-order valence-corrected chi connectivity index (χ3v) is 3.97. The zero-order valence-corrected chi connectivity index (χ0v) is 13.0. The van der Waals surface area contributed by atoms with Crippen molar-refractivity contribution in [2.75, 3.05) is 31.7 Å². The lowest BCUT2D eigenvalue weighted by atomic mass is 10.1. The molecular weight excluding hydrogens is 288 g/mol. The molecule has 5 heteroatoms. The second kappa shape index (κ2) is 6.18. The molecule has 2 heterocycles. The van der Waals surface area contributed by atoms with Crippen LogP contribution in [0.4, 0.5) is 5.82 Å². The van der Waals surface area contributed by atoms with Gasteiger partial charge in [0, 0.05) is 25.6 Å². The van der Waals surface area contributed by atoms with Crippen molar-refractivity contribution < 1.29 is 9.47 Å². The molecule has 0 N–H and O–H groups in total. The number of aromatic nitrogens is 1. The highest BCUT2D eigenvalue weighted by atomic mass is 35.5. The molecule has 0 aliphatic carbocycles. The number of benzene rings is 1. The molecule has 1 saturated heterocycles. The number of fused-ring (bicyclic) bond motifs is 1. The van der Waals surface area contributed by atoms with Gasteiger partial charge in [-0.15, -0.1) is 0 Å². The van der Waals surface area contributed by atoms with Gasteiger partial charge in [0.1, 0.15) is 11.0 Å². The number of anilines is 1. The molecule has 21 heavy (non-hydrogen) atoms. The van der Waals surface area contributed by atoms with Gasteiger partial charge in [-0.1, -0.05) is 35.9 Å². The Morgan fingerprint density at radius 3 is 3.00 bits per heavy atom. The maximum absolute atomic E-state index is 6.32. The molecule has 112 valence electrons. The smallest absolute Gasteiger partial charge is 0.139 e. The minimum absolute atomic E-state index is 0.0609. The minimum atomic E-state index is 0.0609. The second-order valence-electron chi connectivity index (χ2n) is 5.42. The molecule has 1 fully saturated rings. The number of pyridine rings is 1. The second-order valence-corrected chi connectivity index (χ2v) is 5.78. The number of halogens is 1. The van der Waals surface area contributed by atoms with Gasteiger partial charge in [-0.2, -0.15) is 0 Å². The molecule has 1 aliphatic rings. The summed E-state index contributed by atoms with van der Waals surface area (Å²) in [5.74, 6) is 0.898. The summed E-state index contributed by atoms with van der Waals surface area (Å²) >= 11 is 6.32. The Morgan fingerprint density at radius 1 is 1.38 bits per heavy atom. The van der Waals surface area contributed by atoms with Crippen molar-refractivity contribution in [3.8, 4) is 0 Å². The standard InChI is InChI=1S/C16H19ClN2O2/c1-11-8-19(9-13(21-11)10-20-2)15-7-12-5-3-4-6-14(12)16(17)18-15/h3-7,11,13H,8-10H2,1-2H3. The fraction of sp³-hybridized carbons (Fsp3) is 0.438. The van der Waals surface area contributed by atoms with Gasteiger partial charge in [-0.05, 0) is 18.4 Å². The normalized spacial score (nSPS) is 22.7. The fourth-order valence-electron chi connectivity index (χ4n) is 2.82. The fourth-order valence-corrected chi connectivity index (χ4v) is 3.07. The van der Waals surface area contributed by atoms with E-state index in [0.29, 0.717) is 11.8 Å². The first kappa shape index (κ1) is 14.6. The molecule has 0 spiro atoms. The van der Waals surface area contributed by atoms with E-state index < -0.39 is 0 Å². The first-order chi connectivity index (χ1) is 10.2. The quantitative estimate of drug-likeness (QED) is 0.816. The molecule has 2 aromatic rings. The van der Waals surface area contributed by atoms with Gasteiger partial charge < -0.3 is 14.4 Å². The van der Waals surface area contributed by atoms with Crippen LogP contribution in [0.5, 0.6) is 0 Å². The summed E-state index contributed by atoms with van der Waals surface area (Å²) in [5.41, 5.74) is 0. The van der Waals surface area contributed by atoms with E-state index in [-0.39, 0.29) is 12.2 Å². The molecule has 1 aromatic heterocycles. The Balaban J connectivity index is 1.92. The summed E-state index contributed by atoms with van der Waals surface area (Å²) in [7, 11) is 1.69. The molecule has 2 atom stereocenters. The summed E-state index contributed by atoms with van der Waals surface area (Å²) in [4.78, 5) is 6.77. The Morgan fingerprint density at radius 2 is 2.19 bits per heavy atom. The maximum Gasteiger partial charge on any atom is 0.139 e. The Bertz CT molecular complexity index is 635. The van der Waals surface area contributed by atoms with Crippen LogP contribution < -0.4 is 4.90 Å². The predicted molar refractivity (Wildman–Crippen MR) is 85.2 cm³/mol. The molecule has 4 nitrogen and oxygen atoms in total. The van der Waals surface area contributed by atoms with Gasteiger partial charge in [-0.3, -0.25) is 0 Å². The minimum Gasteiger partial charge on any atom is -0.382 e. The van der Waals surface area contributed by atoms with E-state index in [9.17, 15) is 0 Å². The van der Waals surface area contributed by atoms with Crippen LogP contribution in [0.3, 0.4) is 0 Å². The predicted octanol–water partition coefficient (Wildman–Crippen LogP) is 3.13. The zero-order chi connectivity index (χ0) is 14.8. The SMILES string of the molecule is COCC1CN(c2cc3ccccc3c(Cl)n2)CC(C)O1. The van der Waals surface area contributed by atoms with Crippen LogP contribution in [-0.4, -0.2) is 44.0 Å². The van der Waals surface area contributed by atoms with Crippen molar-refractivity contribution in [2.45, 2.75) is 19.1 Å². The summed E-state index contributed by atoms with van der Waals surface area (Å²) in [6, 6.07) is 10.1. The molecule has 1 aromatic carbocycles. The Kier molecular flexibility index (Phi) is 4.29. The monoisotopic (exact) mass is 306 g/mol. The van der Waals surface area contributed by atoms with Crippen molar-refractivity contribution in [1.29, 1.82) is 0 Å². The van der Waals surface area contributed by atoms with Gasteiger partial charge in [-0.25, -0.2) is 4.98 Å². The molecule has 0 radical (unpaired) electrons. The number of rotatable bonds is 3. The van der Waals surface area contributed by atoms with Crippen LogP contribution in [-0.2, 0) is 9.47 Å². The third kappa shape index (κ3) is 3.12. The van der Waals surface area contributed by atoms with Gasteiger partial charge in [0.25, 0.3) is 0 Å². The van der Waals surface area contributed by atoms with Crippen molar-refractivity contribution in [1.82, 2.24) is 4.98 Å². The van der Waals surface area contributed by atoms with Crippen LogP contribution in [0.2, 0.25) is 5.15 Å². The maximum atomic E-state index is 6.32. The molecule has 0 saturated carbocycles. The third-order valence-electron chi connectivity index (χ3n) is 3.68. The number of ether oxygens (including phenoxy) is 2. The highest BCUT2D eigenvalue weighted by Crippen LogP contribution is 2.27. The van der Waals surface area contributed by atoms with Gasteiger partial charge >= 0.3 is 0 Å². The van der Waals surface area contributed by atoms with E-state index in [1.54, 1.807) is 7.11 Å². The number of hydrogen-bond donors (Lipinski definition) is 0. The van der Waals surface area contributed by atoms with Crippen LogP contribution in [0.1, 0.15) is 6.92 Å².